The lowest BCUT2D eigenvalue weighted by Crippen LogP contribution is -2.38. The van der Waals surface area contributed by atoms with Crippen molar-refractivity contribution >= 4 is 40.7 Å². The van der Waals surface area contributed by atoms with Crippen molar-refractivity contribution < 1.29 is 14.3 Å². The van der Waals surface area contributed by atoms with E-state index in [1.165, 1.54) is 11.8 Å². The van der Waals surface area contributed by atoms with Crippen molar-refractivity contribution in [1.29, 1.82) is 0 Å². The van der Waals surface area contributed by atoms with Crippen LogP contribution in [-0.4, -0.2) is 36.9 Å². The Kier molecular flexibility index (Phi) is 7.30. The average Bonchev–Trinajstić information content (AvgIpc) is 2.61. The van der Waals surface area contributed by atoms with Crippen molar-refractivity contribution in [2.24, 2.45) is 0 Å². The molecular formula is C19H20Cl2N2O3. The number of anilines is 1. The van der Waals surface area contributed by atoms with Crippen molar-refractivity contribution in [2.45, 2.75) is 13.3 Å². The van der Waals surface area contributed by atoms with Gasteiger partial charge in [0.05, 0.1) is 23.7 Å². The smallest absolute Gasteiger partial charge is 0.243 e. The number of methoxy groups -OCH3 is 1. The number of hydrogen-bond acceptors (Lipinski definition) is 3. The molecule has 2 aromatic rings. The average molecular weight is 395 g/mol. The largest absolute Gasteiger partial charge is 0.496 e. The molecule has 0 radical (unpaired) electrons. The second-order valence-corrected chi connectivity index (χ2v) is 6.49. The lowest BCUT2D eigenvalue weighted by atomic mass is 10.1. The SMILES string of the molecule is COc1ccccc1CCN(CC(=O)Nc1ccc(Cl)c(Cl)c1)C(C)=O. The molecule has 7 heteroatoms. The third-order valence-electron chi connectivity index (χ3n) is 3.83. The van der Waals surface area contributed by atoms with Crippen molar-refractivity contribution in [1.82, 2.24) is 4.90 Å². The minimum absolute atomic E-state index is 0.0509. The predicted molar refractivity (Wildman–Crippen MR) is 104 cm³/mol. The molecule has 0 saturated carbocycles. The van der Waals surface area contributed by atoms with Gasteiger partial charge in [-0.2, -0.15) is 0 Å². The topological polar surface area (TPSA) is 58.6 Å². The summed E-state index contributed by atoms with van der Waals surface area (Å²) in [4.78, 5) is 25.6. The van der Waals surface area contributed by atoms with Gasteiger partial charge in [-0.05, 0) is 36.2 Å². The molecule has 0 atom stereocenters. The lowest BCUT2D eigenvalue weighted by molar-refractivity contribution is -0.132. The first-order valence-corrected chi connectivity index (χ1v) is 8.78. The summed E-state index contributed by atoms with van der Waals surface area (Å²) in [6.07, 6.45) is 0.587. The molecule has 26 heavy (non-hydrogen) atoms. The van der Waals surface area contributed by atoms with Crippen LogP contribution in [0.4, 0.5) is 5.69 Å². The Labute approximate surface area is 162 Å². The number of nitrogens with zero attached hydrogens (tertiary/aromatic N) is 1. The summed E-state index contributed by atoms with van der Waals surface area (Å²) in [7, 11) is 1.60. The molecule has 0 aliphatic heterocycles. The van der Waals surface area contributed by atoms with Crippen molar-refractivity contribution in [3.63, 3.8) is 0 Å². The van der Waals surface area contributed by atoms with E-state index in [4.69, 9.17) is 27.9 Å². The Hall–Kier alpha value is -2.24. The Morgan fingerprint density at radius 2 is 1.85 bits per heavy atom. The summed E-state index contributed by atoms with van der Waals surface area (Å²) in [6, 6.07) is 12.4. The first-order chi connectivity index (χ1) is 12.4. The molecule has 0 spiro atoms. The summed E-state index contributed by atoms with van der Waals surface area (Å²) in [5, 5.41) is 3.48. The third kappa shape index (κ3) is 5.64. The third-order valence-corrected chi connectivity index (χ3v) is 4.57. The number of nitrogens with one attached hydrogen (secondary N) is 1. The second kappa shape index (κ2) is 9.46. The van der Waals surface area contributed by atoms with Crippen LogP contribution in [-0.2, 0) is 16.0 Å². The van der Waals surface area contributed by atoms with Gasteiger partial charge in [-0.3, -0.25) is 9.59 Å². The van der Waals surface area contributed by atoms with Gasteiger partial charge in [0.1, 0.15) is 5.75 Å². The van der Waals surface area contributed by atoms with Crippen LogP contribution in [0.5, 0.6) is 5.75 Å². The normalized spacial score (nSPS) is 10.3. The Morgan fingerprint density at radius 3 is 2.50 bits per heavy atom. The molecule has 0 aliphatic rings. The number of hydrogen-bond donors (Lipinski definition) is 1. The number of carbonyl (C=O) groups is 2. The minimum Gasteiger partial charge on any atom is -0.496 e. The molecule has 0 aliphatic carbocycles. The zero-order chi connectivity index (χ0) is 19.1. The predicted octanol–water partition coefficient (Wildman–Crippen LogP) is 4.03. The maximum atomic E-state index is 12.3. The van der Waals surface area contributed by atoms with Gasteiger partial charge in [0, 0.05) is 19.2 Å². The van der Waals surface area contributed by atoms with E-state index in [0.717, 1.165) is 11.3 Å². The maximum absolute atomic E-state index is 12.3. The quantitative estimate of drug-likeness (QED) is 0.770. The summed E-state index contributed by atoms with van der Waals surface area (Å²) < 4.78 is 5.31. The molecule has 0 aromatic heterocycles. The maximum Gasteiger partial charge on any atom is 0.243 e. The molecule has 0 saturated heterocycles. The molecule has 0 heterocycles. The molecule has 2 aromatic carbocycles. The van der Waals surface area contributed by atoms with Gasteiger partial charge in [-0.15, -0.1) is 0 Å². The van der Waals surface area contributed by atoms with E-state index in [2.05, 4.69) is 5.32 Å². The van der Waals surface area contributed by atoms with Crippen molar-refractivity contribution in [3.05, 3.63) is 58.1 Å². The van der Waals surface area contributed by atoms with Crippen LogP contribution in [0, 0.1) is 0 Å². The molecule has 0 unspecified atom stereocenters. The Balaban J connectivity index is 1.97. The minimum atomic E-state index is -0.307. The summed E-state index contributed by atoms with van der Waals surface area (Å²) >= 11 is 11.8. The monoisotopic (exact) mass is 394 g/mol. The van der Waals surface area contributed by atoms with E-state index in [-0.39, 0.29) is 18.4 Å². The van der Waals surface area contributed by atoms with Crippen LogP contribution in [0.15, 0.2) is 42.5 Å². The van der Waals surface area contributed by atoms with E-state index >= 15 is 0 Å². The number of carbonyl (C=O) groups excluding carboxylic acids is 2. The van der Waals surface area contributed by atoms with Gasteiger partial charge >= 0.3 is 0 Å². The van der Waals surface area contributed by atoms with E-state index in [0.29, 0.717) is 28.7 Å². The molecule has 2 amide bonds. The molecule has 0 bridgehead atoms. The molecule has 0 fully saturated rings. The van der Waals surface area contributed by atoms with Crippen molar-refractivity contribution in [3.8, 4) is 5.75 Å². The number of ether oxygens (including phenoxy) is 1. The molecule has 5 nitrogen and oxygen atoms in total. The van der Waals surface area contributed by atoms with Gasteiger partial charge in [0.2, 0.25) is 11.8 Å². The fourth-order valence-corrected chi connectivity index (χ4v) is 2.76. The number of para-hydroxylation sites is 1. The van der Waals surface area contributed by atoms with E-state index in [9.17, 15) is 9.59 Å². The summed E-state index contributed by atoms with van der Waals surface area (Å²) in [6.45, 7) is 1.80. The van der Waals surface area contributed by atoms with Gasteiger partial charge in [-0.25, -0.2) is 0 Å². The standard InChI is InChI=1S/C19H20Cl2N2O3/c1-13(24)23(10-9-14-5-3-4-6-18(14)26-2)12-19(25)22-15-7-8-16(20)17(21)11-15/h3-8,11H,9-10,12H2,1-2H3,(H,22,25). The second-order valence-electron chi connectivity index (χ2n) is 5.68. The number of amides is 2. The van der Waals surface area contributed by atoms with Gasteiger partial charge in [0.25, 0.3) is 0 Å². The van der Waals surface area contributed by atoms with Gasteiger partial charge in [-0.1, -0.05) is 41.4 Å². The highest BCUT2D eigenvalue weighted by molar-refractivity contribution is 6.42. The number of rotatable bonds is 7. The van der Waals surface area contributed by atoms with Crippen LogP contribution >= 0.6 is 23.2 Å². The van der Waals surface area contributed by atoms with E-state index < -0.39 is 0 Å². The molecule has 138 valence electrons. The van der Waals surface area contributed by atoms with Crippen LogP contribution in [0.3, 0.4) is 0 Å². The van der Waals surface area contributed by atoms with Crippen LogP contribution in [0.1, 0.15) is 12.5 Å². The van der Waals surface area contributed by atoms with Crippen LogP contribution in [0.2, 0.25) is 10.0 Å². The summed E-state index contributed by atoms with van der Waals surface area (Å²) in [5.41, 5.74) is 1.50. The van der Waals surface area contributed by atoms with E-state index in [1.807, 2.05) is 24.3 Å². The zero-order valence-electron chi connectivity index (χ0n) is 14.6. The van der Waals surface area contributed by atoms with Crippen molar-refractivity contribution in [2.75, 3.05) is 25.5 Å². The Bertz CT molecular complexity index is 796. The van der Waals surface area contributed by atoms with Crippen LogP contribution in [0.25, 0.3) is 0 Å². The number of benzene rings is 2. The summed E-state index contributed by atoms with van der Waals surface area (Å²) in [5.74, 6) is 0.277. The first-order valence-electron chi connectivity index (χ1n) is 8.03. The molecule has 2 rings (SSSR count). The fraction of sp³-hybridized carbons (Fsp3) is 0.263. The lowest BCUT2D eigenvalue weighted by Gasteiger charge is -2.21. The molecule has 1 N–H and O–H groups in total. The number of halogens is 2. The van der Waals surface area contributed by atoms with Crippen LogP contribution < -0.4 is 10.1 Å². The fourth-order valence-electron chi connectivity index (χ4n) is 2.46. The Morgan fingerprint density at radius 1 is 1.12 bits per heavy atom. The highest BCUT2D eigenvalue weighted by Gasteiger charge is 2.15. The highest BCUT2D eigenvalue weighted by atomic mass is 35.5. The van der Waals surface area contributed by atoms with Gasteiger partial charge < -0.3 is 15.0 Å². The molecular weight excluding hydrogens is 375 g/mol. The van der Waals surface area contributed by atoms with Gasteiger partial charge in [0.15, 0.2) is 0 Å². The first kappa shape index (κ1) is 20.1. The zero-order valence-corrected chi connectivity index (χ0v) is 16.1. The highest BCUT2D eigenvalue weighted by Crippen LogP contribution is 2.25. The van der Waals surface area contributed by atoms with E-state index in [1.54, 1.807) is 25.3 Å².